The monoisotopic (exact) mass is 265 g/mol. The third-order valence-electron chi connectivity index (χ3n) is 3.22. The molecule has 0 fully saturated rings. The van der Waals surface area contributed by atoms with Crippen molar-refractivity contribution in [3.05, 3.63) is 66.4 Å². The van der Waals surface area contributed by atoms with Crippen LogP contribution >= 0.6 is 0 Å². The smallest absolute Gasteiger partial charge is 0.0962 e. The predicted octanol–water partition coefficient (Wildman–Crippen LogP) is 2.78. The first-order chi connectivity index (χ1) is 9.84. The van der Waals surface area contributed by atoms with Gasteiger partial charge in [0.2, 0.25) is 0 Å². The lowest BCUT2D eigenvalue weighted by Crippen LogP contribution is -2.12. The number of fused-ring (bicyclic) bond motifs is 1. The van der Waals surface area contributed by atoms with E-state index in [0.717, 1.165) is 22.2 Å². The Kier molecular flexibility index (Phi) is 3.56. The van der Waals surface area contributed by atoms with Crippen LogP contribution in [0.3, 0.4) is 0 Å². The van der Waals surface area contributed by atoms with Crippen LogP contribution in [-0.2, 0) is 0 Å². The summed E-state index contributed by atoms with van der Waals surface area (Å²) in [5.41, 5.74) is 2.61. The van der Waals surface area contributed by atoms with Crippen molar-refractivity contribution in [1.82, 2.24) is 10.2 Å². The second kappa shape index (κ2) is 5.67. The molecule has 4 heteroatoms. The Morgan fingerprint density at radius 1 is 1.00 bits per heavy atom. The van der Waals surface area contributed by atoms with Gasteiger partial charge in [0.15, 0.2) is 0 Å². The standard InChI is InChI=1S/C16H15N3O/c20-16(12-6-2-1-3-7-12)11-17-15-10-18-19-14-9-5-4-8-13(14)15/h1-10,16,20H,11H2,(H,17,19)/t16-/m1/s1. The van der Waals surface area contributed by atoms with Gasteiger partial charge in [0, 0.05) is 11.9 Å². The van der Waals surface area contributed by atoms with E-state index in [1.165, 1.54) is 0 Å². The van der Waals surface area contributed by atoms with Gasteiger partial charge in [-0.1, -0.05) is 48.5 Å². The Hall–Kier alpha value is -2.46. The van der Waals surface area contributed by atoms with Crippen LogP contribution < -0.4 is 5.32 Å². The second-order valence-corrected chi connectivity index (χ2v) is 4.58. The third kappa shape index (κ3) is 2.60. The minimum Gasteiger partial charge on any atom is -0.387 e. The van der Waals surface area contributed by atoms with Gasteiger partial charge in [0.05, 0.1) is 23.5 Å². The van der Waals surface area contributed by atoms with Crippen LogP contribution in [0.25, 0.3) is 10.9 Å². The van der Waals surface area contributed by atoms with Crippen LogP contribution in [0, 0.1) is 0 Å². The average Bonchev–Trinajstić information content (AvgIpc) is 2.53. The quantitative estimate of drug-likeness (QED) is 0.761. The highest BCUT2D eigenvalue weighted by Crippen LogP contribution is 2.21. The number of hydrogen-bond acceptors (Lipinski definition) is 4. The van der Waals surface area contributed by atoms with Gasteiger partial charge in [-0.15, -0.1) is 0 Å². The number of nitrogens with zero attached hydrogens (tertiary/aromatic N) is 2. The molecule has 4 nitrogen and oxygen atoms in total. The summed E-state index contributed by atoms with van der Waals surface area (Å²) in [4.78, 5) is 0. The second-order valence-electron chi connectivity index (χ2n) is 4.58. The third-order valence-corrected chi connectivity index (χ3v) is 3.22. The van der Waals surface area contributed by atoms with Gasteiger partial charge in [-0.2, -0.15) is 10.2 Å². The molecule has 0 radical (unpaired) electrons. The minimum absolute atomic E-state index is 0.430. The largest absolute Gasteiger partial charge is 0.387 e. The van der Waals surface area contributed by atoms with Crippen molar-refractivity contribution in [2.24, 2.45) is 0 Å². The van der Waals surface area contributed by atoms with Crippen LogP contribution in [0.4, 0.5) is 5.69 Å². The maximum atomic E-state index is 10.2. The number of anilines is 1. The van der Waals surface area contributed by atoms with Gasteiger partial charge in [0.25, 0.3) is 0 Å². The zero-order chi connectivity index (χ0) is 13.8. The highest BCUT2D eigenvalue weighted by Gasteiger charge is 2.08. The minimum atomic E-state index is -0.553. The molecule has 0 aliphatic carbocycles. The van der Waals surface area contributed by atoms with E-state index in [9.17, 15) is 5.11 Å². The van der Waals surface area contributed by atoms with Crippen molar-refractivity contribution >= 4 is 16.6 Å². The van der Waals surface area contributed by atoms with E-state index in [1.807, 2.05) is 54.6 Å². The molecule has 0 aliphatic heterocycles. The van der Waals surface area contributed by atoms with Crippen LogP contribution in [0.1, 0.15) is 11.7 Å². The van der Waals surface area contributed by atoms with Crippen molar-refractivity contribution in [3.8, 4) is 0 Å². The molecule has 1 heterocycles. The SMILES string of the molecule is O[C@H](CNc1cnnc2ccccc12)c1ccccc1. The van der Waals surface area contributed by atoms with Crippen molar-refractivity contribution in [2.45, 2.75) is 6.10 Å². The van der Waals surface area contributed by atoms with Crippen molar-refractivity contribution in [1.29, 1.82) is 0 Å². The first-order valence-electron chi connectivity index (χ1n) is 6.52. The van der Waals surface area contributed by atoms with E-state index in [0.29, 0.717) is 6.54 Å². The van der Waals surface area contributed by atoms with E-state index in [2.05, 4.69) is 15.5 Å². The van der Waals surface area contributed by atoms with E-state index in [-0.39, 0.29) is 0 Å². The Labute approximate surface area is 117 Å². The van der Waals surface area contributed by atoms with Crippen molar-refractivity contribution in [3.63, 3.8) is 0 Å². The van der Waals surface area contributed by atoms with E-state index in [4.69, 9.17) is 0 Å². The summed E-state index contributed by atoms with van der Waals surface area (Å²) in [5, 5.41) is 22.4. The van der Waals surface area contributed by atoms with Gasteiger partial charge in [0.1, 0.15) is 0 Å². The molecule has 3 aromatic rings. The molecule has 3 rings (SSSR count). The molecule has 0 aliphatic rings. The molecule has 100 valence electrons. The fraction of sp³-hybridized carbons (Fsp3) is 0.125. The summed E-state index contributed by atoms with van der Waals surface area (Å²) in [6.07, 6.45) is 1.13. The molecule has 20 heavy (non-hydrogen) atoms. The summed E-state index contributed by atoms with van der Waals surface area (Å²) in [7, 11) is 0. The van der Waals surface area contributed by atoms with E-state index in [1.54, 1.807) is 6.20 Å². The van der Waals surface area contributed by atoms with Gasteiger partial charge in [-0.25, -0.2) is 0 Å². The molecule has 1 aromatic heterocycles. The number of aromatic nitrogens is 2. The van der Waals surface area contributed by atoms with Gasteiger partial charge in [-0.05, 0) is 11.6 Å². The molecule has 2 aromatic carbocycles. The maximum absolute atomic E-state index is 10.2. The molecule has 0 unspecified atom stereocenters. The zero-order valence-corrected chi connectivity index (χ0v) is 10.9. The Bertz CT molecular complexity index is 695. The van der Waals surface area contributed by atoms with Crippen LogP contribution in [0.5, 0.6) is 0 Å². The van der Waals surface area contributed by atoms with E-state index < -0.39 is 6.10 Å². The molecule has 0 spiro atoms. The highest BCUT2D eigenvalue weighted by molar-refractivity contribution is 5.90. The van der Waals surface area contributed by atoms with Crippen molar-refractivity contribution < 1.29 is 5.11 Å². The topological polar surface area (TPSA) is 58.0 Å². The summed E-state index contributed by atoms with van der Waals surface area (Å²) < 4.78 is 0. The number of benzene rings is 2. The summed E-state index contributed by atoms with van der Waals surface area (Å²) in [6, 6.07) is 17.4. The molecule has 0 bridgehead atoms. The Balaban J connectivity index is 1.77. The molecule has 0 saturated heterocycles. The summed E-state index contributed by atoms with van der Waals surface area (Å²) >= 11 is 0. The first-order valence-corrected chi connectivity index (χ1v) is 6.52. The molecular formula is C16H15N3O. The summed E-state index contributed by atoms with van der Waals surface area (Å²) in [5.74, 6) is 0. The van der Waals surface area contributed by atoms with Crippen molar-refractivity contribution in [2.75, 3.05) is 11.9 Å². The predicted molar refractivity (Wildman–Crippen MR) is 79.4 cm³/mol. The normalized spacial score (nSPS) is 12.2. The number of aliphatic hydroxyl groups is 1. The molecule has 0 saturated carbocycles. The van der Waals surface area contributed by atoms with Crippen LogP contribution in [0.15, 0.2) is 60.8 Å². The Morgan fingerprint density at radius 2 is 1.75 bits per heavy atom. The fourth-order valence-electron chi connectivity index (χ4n) is 2.15. The maximum Gasteiger partial charge on any atom is 0.0962 e. The number of nitrogens with one attached hydrogen (secondary N) is 1. The van der Waals surface area contributed by atoms with Gasteiger partial charge < -0.3 is 10.4 Å². The molecular weight excluding hydrogens is 250 g/mol. The fourth-order valence-corrected chi connectivity index (χ4v) is 2.15. The summed E-state index contributed by atoms with van der Waals surface area (Å²) in [6.45, 7) is 0.430. The van der Waals surface area contributed by atoms with Gasteiger partial charge in [-0.3, -0.25) is 0 Å². The zero-order valence-electron chi connectivity index (χ0n) is 10.9. The number of hydrogen-bond donors (Lipinski definition) is 2. The van der Waals surface area contributed by atoms with Crippen LogP contribution in [-0.4, -0.2) is 21.8 Å². The lowest BCUT2D eigenvalue weighted by Gasteiger charge is -2.14. The molecule has 0 amide bonds. The van der Waals surface area contributed by atoms with Crippen LogP contribution in [0.2, 0.25) is 0 Å². The lowest BCUT2D eigenvalue weighted by molar-refractivity contribution is 0.191. The lowest BCUT2D eigenvalue weighted by atomic mass is 10.1. The molecule has 1 atom stereocenters. The highest BCUT2D eigenvalue weighted by atomic mass is 16.3. The van der Waals surface area contributed by atoms with E-state index >= 15 is 0 Å². The van der Waals surface area contributed by atoms with Gasteiger partial charge >= 0.3 is 0 Å². The first kappa shape index (κ1) is 12.6. The molecule has 2 N–H and O–H groups in total. The number of rotatable bonds is 4. The average molecular weight is 265 g/mol. The Morgan fingerprint density at radius 3 is 2.60 bits per heavy atom. The number of aliphatic hydroxyl groups excluding tert-OH is 1.